The van der Waals surface area contributed by atoms with Gasteiger partial charge in [0.1, 0.15) is 36.3 Å². The summed E-state index contributed by atoms with van der Waals surface area (Å²) in [5.41, 5.74) is 7.55. The molecule has 0 unspecified atom stereocenters. The number of hydrogen-bond donors (Lipinski definition) is 7. The van der Waals surface area contributed by atoms with E-state index in [-0.39, 0.29) is 43.6 Å². The maximum Gasteiger partial charge on any atom is 0.326 e. The Morgan fingerprint density at radius 1 is 0.617 bits per heavy atom. The third-order valence-electron chi connectivity index (χ3n) is 10.6. The van der Waals surface area contributed by atoms with Crippen LogP contribution in [0, 0.1) is 23.7 Å². The van der Waals surface area contributed by atoms with Crippen LogP contribution in [0.15, 0.2) is 60.7 Å². The molecule has 8 N–H and O–H groups in total. The van der Waals surface area contributed by atoms with Crippen LogP contribution in [0.5, 0.6) is 0 Å². The maximum atomic E-state index is 14.4. The molecule has 3 rings (SSSR count). The zero-order valence-corrected chi connectivity index (χ0v) is 36.4. The van der Waals surface area contributed by atoms with Crippen LogP contribution < -0.4 is 32.3 Å². The maximum absolute atomic E-state index is 14.4. The summed E-state index contributed by atoms with van der Waals surface area (Å²) in [5, 5.41) is 23.6. The van der Waals surface area contributed by atoms with Gasteiger partial charge in [-0.2, -0.15) is 0 Å². The van der Waals surface area contributed by atoms with E-state index in [1.165, 1.54) is 4.90 Å². The Hall–Kier alpha value is -5.31. The number of benzene rings is 2. The number of carbonyl (C=O) groups excluding carboxylic acids is 6. The van der Waals surface area contributed by atoms with Crippen molar-refractivity contribution in [3.05, 3.63) is 71.8 Å². The Morgan fingerprint density at radius 3 is 1.57 bits per heavy atom. The van der Waals surface area contributed by atoms with Gasteiger partial charge >= 0.3 is 5.97 Å². The van der Waals surface area contributed by atoms with Crippen molar-refractivity contribution in [3.8, 4) is 0 Å². The van der Waals surface area contributed by atoms with Crippen LogP contribution in [-0.4, -0.2) is 100 Å². The quantitative estimate of drug-likeness (QED) is 0.0924. The highest BCUT2D eigenvalue weighted by Gasteiger charge is 2.40. The molecule has 6 amide bonds. The fourth-order valence-corrected chi connectivity index (χ4v) is 7.17. The van der Waals surface area contributed by atoms with Gasteiger partial charge in [-0.05, 0) is 60.5 Å². The average molecular weight is 834 g/mol. The molecular formula is C45H67N7O8. The van der Waals surface area contributed by atoms with Gasteiger partial charge in [-0.3, -0.25) is 28.8 Å². The summed E-state index contributed by atoms with van der Waals surface area (Å²) in [7, 11) is 0. The molecule has 1 aliphatic heterocycles. The summed E-state index contributed by atoms with van der Waals surface area (Å²) in [6, 6.07) is 10.7. The number of nitrogens with zero attached hydrogens (tertiary/aromatic N) is 1. The van der Waals surface area contributed by atoms with E-state index in [0.29, 0.717) is 24.8 Å². The first-order chi connectivity index (χ1) is 28.3. The lowest BCUT2D eigenvalue weighted by Gasteiger charge is -2.31. The van der Waals surface area contributed by atoms with Gasteiger partial charge in [0.25, 0.3) is 0 Å². The number of amides is 6. The van der Waals surface area contributed by atoms with E-state index in [9.17, 15) is 38.7 Å². The SMILES string of the molecule is CC(C)C[C@@H](NC(=O)[C@@H](NC(=O)[C@H](Cc1ccccc1)NC(=O)[C@H](Cc1ccccc1)NC(=O)[C@@H]1CCCN1C(=O)[C@@H](CC(C)C)NC(=O)[C@@H](N)C(C)C)C(C)C)C(=O)O. The van der Waals surface area contributed by atoms with Crippen molar-refractivity contribution >= 4 is 41.4 Å². The summed E-state index contributed by atoms with van der Waals surface area (Å²) < 4.78 is 0. The van der Waals surface area contributed by atoms with Crippen LogP contribution in [0.3, 0.4) is 0 Å². The van der Waals surface area contributed by atoms with Crippen LogP contribution in [-0.2, 0) is 46.4 Å². The minimum absolute atomic E-state index is 0.0194. The molecule has 1 fully saturated rings. The second-order valence-electron chi connectivity index (χ2n) is 17.4. The predicted octanol–water partition coefficient (Wildman–Crippen LogP) is 2.70. The Morgan fingerprint density at radius 2 is 1.08 bits per heavy atom. The fourth-order valence-electron chi connectivity index (χ4n) is 7.17. The smallest absolute Gasteiger partial charge is 0.326 e. The molecular weight excluding hydrogens is 767 g/mol. The Labute approximate surface area is 354 Å². The van der Waals surface area contributed by atoms with Gasteiger partial charge in [0.05, 0.1) is 6.04 Å². The minimum atomic E-state index is -1.21. The monoisotopic (exact) mass is 834 g/mol. The van der Waals surface area contributed by atoms with Gasteiger partial charge in [-0.25, -0.2) is 4.79 Å². The van der Waals surface area contributed by atoms with Gasteiger partial charge in [-0.1, -0.05) is 116 Å². The molecule has 0 saturated carbocycles. The molecule has 0 aliphatic carbocycles. The van der Waals surface area contributed by atoms with E-state index in [4.69, 9.17) is 5.73 Å². The molecule has 60 heavy (non-hydrogen) atoms. The lowest BCUT2D eigenvalue weighted by molar-refractivity contribution is -0.143. The topological polar surface area (TPSA) is 229 Å². The first kappa shape index (κ1) is 49.1. The van der Waals surface area contributed by atoms with Crippen LogP contribution in [0.4, 0.5) is 0 Å². The molecule has 15 nitrogen and oxygen atoms in total. The van der Waals surface area contributed by atoms with Crippen LogP contribution in [0.1, 0.15) is 92.2 Å². The normalized spacial score (nSPS) is 17.0. The van der Waals surface area contributed by atoms with Crippen molar-refractivity contribution in [2.45, 2.75) is 136 Å². The first-order valence-corrected chi connectivity index (χ1v) is 21.2. The standard InChI is InChI=1S/C45H67N7O8/c1-26(2)22-34(49-42(56)37(46)28(5)6)44(58)52-21-15-20-36(52)41(55)48-32(24-30-16-11-9-12-17-30)39(53)47-33(25-31-18-13-10-14-19-31)40(54)51-38(29(7)8)43(57)50-35(45(59)60)23-27(3)4/h9-14,16-19,26-29,32-38H,15,20-25,46H2,1-8H3,(H,47,53)(H,48,55)(H,49,56)(H,50,57)(H,51,54)(H,59,60)/t32-,33-,34+,35+,36-,37-,38-/m0/s1. The second kappa shape index (κ2) is 23.5. The van der Waals surface area contributed by atoms with Gasteiger partial charge in [0.2, 0.25) is 35.4 Å². The third-order valence-corrected chi connectivity index (χ3v) is 10.6. The fraction of sp³-hybridized carbons (Fsp3) is 0.578. The first-order valence-electron chi connectivity index (χ1n) is 21.2. The van der Waals surface area contributed by atoms with E-state index in [0.717, 1.165) is 5.56 Å². The number of likely N-dealkylation sites (tertiary alicyclic amines) is 1. The molecule has 1 heterocycles. The van der Waals surface area contributed by atoms with Gasteiger partial charge in [0.15, 0.2) is 0 Å². The highest BCUT2D eigenvalue weighted by atomic mass is 16.4. The molecule has 1 saturated heterocycles. The molecule has 2 aromatic carbocycles. The zero-order valence-electron chi connectivity index (χ0n) is 36.4. The zero-order chi connectivity index (χ0) is 44.7. The summed E-state index contributed by atoms with van der Waals surface area (Å²) in [5.74, 6) is -5.19. The highest BCUT2D eigenvalue weighted by Crippen LogP contribution is 2.22. The number of aliphatic carboxylic acids is 1. The van der Waals surface area contributed by atoms with E-state index < -0.39 is 89.6 Å². The molecule has 0 spiro atoms. The molecule has 0 radical (unpaired) electrons. The lowest BCUT2D eigenvalue weighted by atomic mass is 9.98. The van der Waals surface area contributed by atoms with E-state index in [1.54, 1.807) is 50.2 Å². The molecule has 0 aromatic heterocycles. The largest absolute Gasteiger partial charge is 0.480 e. The number of nitrogens with two attached hydrogens (primary N) is 1. The molecule has 0 bridgehead atoms. The molecule has 7 atom stereocenters. The lowest BCUT2D eigenvalue weighted by Crippen LogP contribution is -2.61. The highest BCUT2D eigenvalue weighted by molar-refractivity contribution is 5.97. The van der Waals surface area contributed by atoms with Gasteiger partial charge in [0, 0.05) is 19.4 Å². The predicted molar refractivity (Wildman–Crippen MR) is 229 cm³/mol. The molecule has 330 valence electrons. The van der Waals surface area contributed by atoms with E-state index in [2.05, 4.69) is 26.6 Å². The molecule has 1 aliphatic rings. The Kier molecular flexibility index (Phi) is 19.2. The molecule has 2 aromatic rings. The second-order valence-corrected chi connectivity index (χ2v) is 17.4. The number of carboxylic acid groups (broad SMARTS) is 1. The summed E-state index contributed by atoms with van der Waals surface area (Å²) in [4.78, 5) is 96.6. The van der Waals surface area contributed by atoms with Gasteiger partial charge in [-0.15, -0.1) is 0 Å². The average Bonchev–Trinajstić information content (AvgIpc) is 3.69. The van der Waals surface area contributed by atoms with Crippen molar-refractivity contribution in [1.82, 2.24) is 31.5 Å². The number of rotatable bonds is 22. The summed E-state index contributed by atoms with van der Waals surface area (Å²) >= 11 is 0. The van der Waals surface area contributed by atoms with Crippen molar-refractivity contribution < 1.29 is 38.7 Å². The minimum Gasteiger partial charge on any atom is -0.480 e. The van der Waals surface area contributed by atoms with Crippen LogP contribution in [0.25, 0.3) is 0 Å². The van der Waals surface area contributed by atoms with Crippen molar-refractivity contribution in [2.24, 2.45) is 29.4 Å². The summed E-state index contributed by atoms with van der Waals surface area (Å²) in [6.45, 7) is 14.9. The van der Waals surface area contributed by atoms with Gasteiger partial charge < -0.3 is 42.3 Å². The summed E-state index contributed by atoms with van der Waals surface area (Å²) in [6.07, 6.45) is 1.49. The van der Waals surface area contributed by atoms with Crippen molar-refractivity contribution in [3.63, 3.8) is 0 Å². The number of carbonyl (C=O) groups is 7. The van der Waals surface area contributed by atoms with Crippen LogP contribution >= 0.6 is 0 Å². The van der Waals surface area contributed by atoms with Crippen molar-refractivity contribution in [1.29, 1.82) is 0 Å². The third kappa shape index (κ3) is 15.1. The molecule has 15 heteroatoms. The number of hydrogen-bond acceptors (Lipinski definition) is 8. The Balaban J connectivity index is 1.91. The van der Waals surface area contributed by atoms with E-state index >= 15 is 0 Å². The van der Waals surface area contributed by atoms with E-state index in [1.807, 2.05) is 65.8 Å². The van der Waals surface area contributed by atoms with Crippen molar-refractivity contribution in [2.75, 3.05) is 6.54 Å². The Bertz CT molecular complexity index is 1750. The number of carboxylic acids is 1. The number of nitrogens with one attached hydrogen (secondary N) is 5. The van der Waals surface area contributed by atoms with Crippen LogP contribution in [0.2, 0.25) is 0 Å².